The maximum Gasteiger partial charge on any atom is 0.226 e. The van der Waals surface area contributed by atoms with Gasteiger partial charge in [0.2, 0.25) is 5.91 Å². The van der Waals surface area contributed by atoms with Crippen LogP contribution in [0.3, 0.4) is 0 Å². The van der Waals surface area contributed by atoms with Crippen LogP contribution in [0.1, 0.15) is 103 Å². The maximum absolute atomic E-state index is 13.4. The van der Waals surface area contributed by atoms with Gasteiger partial charge in [0.05, 0.1) is 0 Å². The van der Waals surface area contributed by atoms with Crippen LogP contribution in [0, 0.1) is 17.3 Å². The molecule has 2 aliphatic carbocycles. The number of nitrogens with one attached hydrogen (secondary N) is 1. The molecule has 1 saturated carbocycles. The zero-order chi connectivity index (χ0) is 22.6. The molecule has 2 heterocycles. The number of fused-ring (bicyclic) bond motifs is 2. The first-order valence-corrected chi connectivity index (χ1v) is 13.4. The fourth-order valence-corrected chi connectivity index (χ4v) is 6.34. The van der Waals surface area contributed by atoms with Crippen molar-refractivity contribution in [1.29, 1.82) is 0 Å². The molecule has 3 aliphatic rings. The Morgan fingerprint density at radius 3 is 2.75 bits per heavy atom. The number of amides is 1. The first-order valence-electron chi connectivity index (χ1n) is 13.4. The topological polar surface area (TPSA) is 58.1 Å². The van der Waals surface area contributed by atoms with E-state index in [-0.39, 0.29) is 5.41 Å². The van der Waals surface area contributed by atoms with Crippen LogP contribution in [0.2, 0.25) is 0 Å². The Morgan fingerprint density at radius 2 is 1.94 bits per heavy atom. The van der Waals surface area contributed by atoms with Crippen LogP contribution in [0.15, 0.2) is 6.33 Å². The Hall–Kier alpha value is -1.65. The predicted octanol–water partition coefficient (Wildman–Crippen LogP) is 5.46. The number of carbonyl (C=O) groups excluding carboxylic acids is 1. The summed E-state index contributed by atoms with van der Waals surface area (Å²) in [5.41, 5.74) is 2.43. The standard InChI is InChI=1S/C27H44N4O/c1-4-6-7-10-16-27(3,5-2)26(32)30-24-15-11-12-20-17-31(18-22(20)24)25-21-13-8-9-14-23(21)28-19-29-25/h19-20,22,24H,4-18H2,1-3H3,(H,30,32). The van der Waals surface area contributed by atoms with Gasteiger partial charge in [-0.2, -0.15) is 0 Å². The number of rotatable bonds is 9. The van der Waals surface area contributed by atoms with Crippen LogP contribution in [-0.4, -0.2) is 35.0 Å². The normalized spacial score (nSPS) is 26.8. The second-order valence-electron chi connectivity index (χ2n) is 10.9. The third-order valence-corrected chi connectivity index (χ3v) is 8.73. The van der Waals surface area contributed by atoms with Crippen LogP contribution in [0.5, 0.6) is 0 Å². The van der Waals surface area contributed by atoms with E-state index in [1.54, 1.807) is 6.33 Å². The van der Waals surface area contributed by atoms with Gasteiger partial charge in [0, 0.05) is 41.7 Å². The molecule has 0 radical (unpaired) electrons. The molecule has 0 spiro atoms. The summed E-state index contributed by atoms with van der Waals surface area (Å²) in [7, 11) is 0. The summed E-state index contributed by atoms with van der Waals surface area (Å²) >= 11 is 0. The van der Waals surface area contributed by atoms with Crippen molar-refractivity contribution in [2.45, 2.75) is 110 Å². The Morgan fingerprint density at radius 1 is 1.09 bits per heavy atom. The van der Waals surface area contributed by atoms with Gasteiger partial charge in [-0.15, -0.1) is 0 Å². The van der Waals surface area contributed by atoms with Crippen LogP contribution in [0.25, 0.3) is 0 Å². The zero-order valence-electron chi connectivity index (χ0n) is 20.7. The quantitative estimate of drug-likeness (QED) is 0.518. The highest BCUT2D eigenvalue weighted by Crippen LogP contribution is 2.40. The molecule has 1 amide bonds. The highest BCUT2D eigenvalue weighted by atomic mass is 16.2. The van der Waals surface area contributed by atoms with Gasteiger partial charge in [-0.3, -0.25) is 4.79 Å². The van der Waals surface area contributed by atoms with Crippen molar-refractivity contribution in [3.8, 4) is 0 Å². The Labute approximate surface area is 195 Å². The molecule has 1 aromatic heterocycles. The Bertz CT molecular complexity index is 781. The number of anilines is 1. The molecule has 0 bridgehead atoms. The average Bonchev–Trinajstić information content (AvgIpc) is 3.26. The zero-order valence-corrected chi connectivity index (χ0v) is 20.7. The first kappa shape index (κ1) is 23.5. The molecule has 32 heavy (non-hydrogen) atoms. The molecule has 4 atom stereocenters. The maximum atomic E-state index is 13.4. The molecular formula is C27H44N4O. The summed E-state index contributed by atoms with van der Waals surface area (Å²) in [4.78, 5) is 25.3. The van der Waals surface area contributed by atoms with Crippen LogP contribution in [0.4, 0.5) is 5.82 Å². The second-order valence-corrected chi connectivity index (χ2v) is 10.9. The summed E-state index contributed by atoms with van der Waals surface area (Å²) in [6.45, 7) is 8.72. The molecule has 1 saturated heterocycles. The van der Waals surface area contributed by atoms with E-state index < -0.39 is 0 Å². The number of nitrogens with zero attached hydrogens (tertiary/aromatic N) is 3. The van der Waals surface area contributed by atoms with Gasteiger partial charge in [-0.05, 0) is 57.3 Å². The van der Waals surface area contributed by atoms with Crippen molar-refractivity contribution in [2.24, 2.45) is 17.3 Å². The van der Waals surface area contributed by atoms with E-state index in [1.165, 1.54) is 62.0 Å². The number of carbonyl (C=O) groups is 1. The summed E-state index contributed by atoms with van der Waals surface area (Å²) in [5.74, 6) is 2.69. The molecule has 0 aromatic carbocycles. The minimum atomic E-state index is -0.231. The molecule has 1 aliphatic heterocycles. The van der Waals surface area contributed by atoms with Crippen molar-refractivity contribution in [2.75, 3.05) is 18.0 Å². The van der Waals surface area contributed by atoms with Crippen molar-refractivity contribution in [3.05, 3.63) is 17.6 Å². The molecule has 5 nitrogen and oxygen atoms in total. The lowest BCUT2D eigenvalue weighted by Crippen LogP contribution is -2.50. The van der Waals surface area contributed by atoms with Crippen molar-refractivity contribution in [1.82, 2.24) is 15.3 Å². The van der Waals surface area contributed by atoms with Crippen LogP contribution in [-0.2, 0) is 17.6 Å². The molecule has 178 valence electrons. The summed E-state index contributed by atoms with van der Waals surface area (Å²) < 4.78 is 0. The van der Waals surface area contributed by atoms with Gasteiger partial charge in [-0.1, -0.05) is 52.9 Å². The average molecular weight is 441 g/mol. The lowest BCUT2D eigenvalue weighted by Gasteiger charge is -2.36. The van der Waals surface area contributed by atoms with E-state index in [0.717, 1.165) is 51.6 Å². The predicted molar refractivity (Wildman–Crippen MR) is 131 cm³/mol. The largest absolute Gasteiger partial charge is 0.356 e. The minimum absolute atomic E-state index is 0.231. The highest BCUT2D eigenvalue weighted by Gasteiger charge is 2.43. The minimum Gasteiger partial charge on any atom is -0.356 e. The van der Waals surface area contributed by atoms with Gasteiger partial charge in [0.25, 0.3) is 0 Å². The SMILES string of the molecule is CCCCCCC(C)(CC)C(=O)NC1CCCC2CN(c3ncnc4c3CCCC4)CC21. The summed E-state index contributed by atoms with van der Waals surface area (Å²) in [5, 5.41) is 3.56. The lowest BCUT2D eigenvalue weighted by molar-refractivity contribution is -0.132. The molecule has 4 rings (SSSR count). The Kier molecular flexibility index (Phi) is 7.73. The first-order chi connectivity index (χ1) is 15.6. The highest BCUT2D eigenvalue weighted by molar-refractivity contribution is 5.82. The lowest BCUT2D eigenvalue weighted by atomic mass is 9.76. The summed E-state index contributed by atoms with van der Waals surface area (Å²) in [6, 6.07) is 0.311. The molecule has 4 unspecified atom stereocenters. The van der Waals surface area contributed by atoms with Crippen LogP contribution < -0.4 is 10.2 Å². The third kappa shape index (κ3) is 4.97. The number of unbranched alkanes of at least 4 members (excludes halogenated alkanes) is 3. The van der Waals surface area contributed by atoms with Crippen molar-refractivity contribution < 1.29 is 4.79 Å². The number of aromatic nitrogens is 2. The van der Waals surface area contributed by atoms with Gasteiger partial charge in [-0.25, -0.2) is 9.97 Å². The monoisotopic (exact) mass is 440 g/mol. The number of aryl methyl sites for hydroxylation is 1. The third-order valence-electron chi connectivity index (χ3n) is 8.73. The van der Waals surface area contributed by atoms with E-state index in [9.17, 15) is 4.79 Å². The molecule has 5 heteroatoms. The van der Waals surface area contributed by atoms with E-state index in [2.05, 4.69) is 36.0 Å². The fraction of sp³-hybridized carbons (Fsp3) is 0.815. The number of hydrogen-bond donors (Lipinski definition) is 1. The van der Waals surface area contributed by atoms with E-state index in [4.69, 9.17) is 4.98 Å². The van der Waals surface area contributed by atoms with Crippen molar-refractivity contribution >= 4 is 11.7 Å². The summed E-state index contributed by atoms with van der Waals surface area (Å²) in [6.07, 6.45) is 17.0. The van der Waals surface area contributed by atoms with E-state index in [0.29, 0.717) is 23.8 Å². The molecule has 1 N–H and O–H groups in total. The van der Waals surface area contributed by atoms with E-state index in [1.807, 2.05) is 0 Å². The van der Waals surface area contributed by atoms with E-state index >= 15 is 0 Å². The fourth-order valence-electron chi connectivity index (χ4n) is 6.34. The smallest absolute Gasteiger partial charge is 0.226 e. The molecule has 2 fully saturated rings. The van der Waals surface area contributed by atoms with Crippen molar-refractivity contribution in [3.63, 3.8) is 0 Å². The number of hydrogen-bond acceptors (Lipinski definition) is 4. The van der Waals surface area contributed by atoms with Gasteiger partial charge in [0.15, 0.2) is 0 Å². The van der Waals surface area contributed by atoms with Crippen LogP contribution >= 0.6 is 0 Å². The molecular weight excluding hydrogens is 396 g/mol. The van der Waals surface area contributed by atoms with Gasteiger partial charge >= 0.3 is 0 Å². The second kappa shape index (κ2) is 10.5. The molecule has 1 aromatic rings. The van der Waals surface area contributed by atoms with Gasteiger partial charge < -0.3 is 10.2 Å². The van der Waals surface area contributed by atoms with Gasteiger partial charge in [0.1, 0.15) is 12.1 Å². The Balaban J connectivity index is 1.42.